The van der Waals surface area contributed by atoms with Crippen LogP contribution in [0.2, 0.25) is 0 Å². The maximum atomic E-state index is 4.78. The molecule has 16 aromatic heterocycles. The van der Waals surface area contributed by atoms with Crippen LogP contribution in [-0.2, 0) is 36.3 Å². The summed E-state index contributed by atoms with van der Waals surface area (Å²) in [5.74, 6) is 3.64. The largest absolute Gasteiger partial charge is 2.00 e. The predicted octanol–water partition coefficient (Wildman–Crippen LogP) is 15.2. The van der Waals surface area contributed by atoms with Gasteiger partial charge in [0.1, 0.15) is 22.6 Å². The number of fused-ring (bicyclic) bond motifs is 56. The van der Waals surface area contributed by atoms with Crippen molar-refractivity contribution in [1.82, 2.24) is 150 Å². The van der Waals surface area contributed by atoms with Crippen molar-refractivity contribution in [3.63, 3.8) is 0 Å². The summed E-state index contributed by atoms with van der Waals surface area (Å²) in [4.78, 5) is 145. The first-order chi connectivity index (χ1) is 67.2. The molecule has 28 rings (SSSR count). The predicted molar refractivity (Wildman–Crippen MR) is 527 cm³/mol. The zero-order valence-corrected chi connectivity index (χ0v) is 78.0. The standard InChI is InChI=1S/C26H16N8.3C26H14N8.Co.Mg.Zn/c4*1-2-8-16-15(7-1)23-29-19-11-5-13-21(27-19)31-25-17-9-3-4-10-18(17)26(34-25)32-22-14-6-12-20(28-22)30-24(16)33-23;;;/h1-14H,(H2,27,28,29,30,31,32,33,34);3*1-14H;;;/q;3*-2;3*+2/p+2. The first-order valence-electron chi connectivity index (χ1n) is 43.1. The Balaban J connectivity index is 0.000000106. The van der Waals surface area contributed by atoms with E-state index in [9.17, 15) is 0 Å². The quantitative estimate of drug-likeness (QED) is 0.133. The Hall–Kier alpha value is -18.0. The van der Waals surface area contributed by atoms with Gasteiger partial charge in [-0.1, -0.05) is 250 Å². The number of H-pyrrole nitrogens is 4. The molecule has 139 heavy (non-hydrogen) atoms. The van der Waals surface area contributed by atoms with Crippen LogP contribution in [0.3, 0.4) is 0 Å². The summed E-state index contributed by atoms with van der Waals surface area (Å²) in [6.07, 6.45) is 11.4. The number of allylic oxidation sites excluding steroid dienone is 2. The molecule has 647 valence electrons. The minimum Gasteiger partial charge on any atom is -0.357 e. The van der Waals surface area contributed by atoms with Crippen LogP contribution in [-0.4, -0.2) is 143 Å². The summed E-state index contributed by atoms with van der Waals surface area (Å²) < 4.78 is 0. The fourth-order valence-electron chi connectivity index (χ4n) is 16.3. The molecule has 4 aliphatic heterocycles. The number of benzene rings is 8. The molecule has 0 unspecified atom stereocenters. The zero-order valence-electron chi connectivity index (χ0n) is 72.6. The van der Waals surface area contributed by atoms with Crippen molar-refractivity contribution < 1.29 is 46.2 Å². The van der Waals surface area contributed by atoms with Gasteiger partial charge < -0.3 is 69.8 Å². The van der Waals surface area contributed by atoms with E-state index >= 15 is 0 Å². The molecule has 0 aliphatic carbocycles. The number of rotatable bonds is 0. The Morgan fingerprint density at radius 2 is 0.374 bits per heavy atom. The summed E-state index contributed by atoms with van der Waals surface area (Å²) >= 11 is 0. The molecular weight excluding hydrogens is 1850 g/mol. The summed E-state index contributed by atoms with van der Waals surface area (Å²) in [6.45, 7) is 0. The third kappa shape index (κ3) is 17.4. The van der Waals surface area contributed by atoms with Crippen LogP contribution in [0.4, 0.5) is 0 Å². The topological polar surface area (TPSA) is 428 Å². The van der Waals surface area contributed by atoms with E-state index in [0.29, 0.717) is 181 Å². The molecule has 0 spiro atoms. The molecule has 0 fully saturated rings. The van der Waals surface area contributed by atoms with E-state index in [4.69, 9.17) is 120 Å². The van der Waals surface area contributed by atoms with Crippen LogP contribution in [0.15, 0.2) is 315 Å². The molecule has 1 radical (unpaired) electrons. The van der Waals surface area contributed by atoms with Crippen LogP contribution in [0.1, 0.15) is 11.6 Å². The minimum atomic E-state index is 0. The zero-order chi connectivity index (χ0) is 89.9. The maximum absolute atomic E-state index is 4.78. The first-order valence-corrected chi connectivity index (χ1v) is 43.1. The van der Waals surface area contributed by atoms with Crippen LogP contribution >= 0.6 is 0 Å². The number of aromatic nitrogens is 32. The third-order valence-electron chi connectivity index (χ3n) is 22.5. The number of pyridine rings is 6. The summed E-state index contributed by atoms with van der Waals surface area (Å²) in [5.41, 5.74) is 18.3. The Bertz CT molecular complexity index is 8370. The Morgan fingerprint density at radius 1 is 0.187 bits per heavy atom. The number of hydrogen-bond donors (Lipinski definition) is 2. The van der Waals surface area contributed by atoms with Gasteiger partial charge in [-0.05, 0) is 128 Å². The summed E-state index contributed by atoms with van der Waals surface area (Å²) in [5, 5.41) is 10.8. The monoisotopic (exact) mass is 1900 g/mol. The number of aromatic amines is 4. The van der Waals surface area contributed by atoms with Crippen LogP contribution in [0, 0.1) is 0 Å². The van der Waals surface area contributed by atoms with Gasteiger partial charge in [-0.25, -0.2) is 59.8 Å². The van der Waals surface area contributed by atoms with Gasteiger partial charge in [0.2, 0.25) is 0 Å². The van der Waals surface area contributed by atoms with Gasteiger partial charge in [0.05, 0.1) is 45.2 Å². The number of nitrogens with zero attached hydrogens (tertiary/aromatic N) is 28. The molecule has 0 saturated carbocycles. The molecule has 35 heteroatoms. The molecule has 0 saturated heterocycles. The van der Waals surface area contributed by atoms with Crippen LogP contribution < -0.4 is 50.8 Å². The molecular formula is C104H60CoMgN32Zn+2. The second-order valence-corrected chi connectivity index (χ2v) is 31.3. The van der Waals surface area contributed by atoms with Gasteiger partial charge >= 0.3 is 59.3 Å². The van der Waals surface area contributed by atoms with Gasteiger partial charge in [-0.2, -0.15) is 0 Å². The average Bonchev–Trinajstić information content (AvgIpc) is 1.63. The maximum Gasteiger partial charge on any atom is 2.00 e. The van der Waals surface area contributed by atoms with Crippen LogP contribution in [0.5, 0.6) is 0 Å². The second-order valence-electron chi connectivity index (χ2n) is 31.3. The Kier molecular flexibility index (Phi) is 23.1. The molecule has 24 aromatic rings. The van der Waals surface area contributed by atoms with Crippen LogP contribution in [0.25, 0.3) is 270 Å². The molecule has 0 amide bonds. The van der Waals surface area contributed by atoms with Crippen molar-refractivity contribution >= 4 is 248 Å². The normalized spacial score (nSPS) is 11.6. The van der Waals surface area contributed by atoms with E-state index in [-0.39, 0.29) is 59.3 Å². The molecule has 20 heterocycles. The molecule has 4 aliphatic rings. The molecule has 0 atom stereocenters. The van der Waals surface area contributed by atoms with E-state index in [1.807, 2.05) is 340 Å². The smallest absolute Gasteiger partial charge is 0.357 e. The van der Waals surface area contributed by atoms with Gasteiger partial charge in [0, 0.05) is 113 Å². The fourth-order valence-corrected chi connectivity index (χ4v) is 16.3. The second kappa shape index (κ2) is 37.1. The van der Waals surface area contributed by atoms with Crippen molar-refractivity contribution in [1.29, 1.82) is 0 Å². The first kappa shape index (κ1) is 86.4. The SMILES string of the molecule is C1=Cc2nc3nc(nc4[nH]c(nc5nc(nc([nH]2)=C1)-c1ccccc1-5)C=CC=4)-c1ccccc1-3.[Co+2].[Mg+2].[Zn+2].c1cc2nc(c1)nc1[n-]c(nc3cccc(n3)nc3[n-]c(n2)c2ccccc32)c2ccccc12.c1cc2nc(c1)nc1[n-]c(nc3cccc(n3)nc3[n-]c(n2)c2ccccc32)c2ccccc12.c1cc2nc3[n-]c(nc4cccc(nc5[n-]c(nc(c1)[nH+]2)c1ccccc51)[nH+]4)c1ccccc31. The van der Waals surface area contributed by atoms with Gasteiger partial charge in [0.15, 0.2) is 45.9 Å². The average molecular weight is 1910 g/mol. The molecule has 32 bridgehead atoms. The number of nitrogens with one attached hydrogen (secondary N) is 4. The van der Waals surface area contributed by atoms with E-state index in [1.165, 1.54) is 0 Å². The summed E-state index contributed by atoms with van der Waals surface area (Å²) in [6, 6.07) is 96.6. The molecule has 8 aromatic carbocycles. The van der Waals surface area contributed by atoms with E-state index in [0.717, 1.165) is 86.9 Å². The summed E-state index contributed by atoms with van der Waals surface area (Å²) in [7, 11) is 0. The fraction of sp³-hybridized carbons (Fsp3) is 0. The number of hydrogen-bond acceptors (Lipinski definition) is 22. The molecule has 32 nitrogen and oxygen atoms in total. The van der Waals surface area contributed by atoms with Crippen molar-refractivity contribution in [2.45, 2.75) is 0 Å². The Labute approximate surface area is 820 Å². The van der Waals surface area contributed by atoms with E-state index < -0.39 is 0 Å². The van der Waals surface area contributed by atoms with Gasteiger partial charge in [-0.3, -0.25) is 9.97 Å². The third-order valence-corrected chi connectivity index (χ3v) is 22.5. The van der Waals surface area contributed by atoms with Crippen molar-refractivity contribution in [2.75, 3.05) is 0 Å². The van der Waals surface area contributed by atoms with Gasteiger partial charge in [0.25, 0.3) is 22.6 Å². The van der Waals surface area contributed by atoms with Crippen molar-refractivity contribution in [3.05, 3.63) is 338 Å². The van der Waals surface area contributed by atoms with E-state index in [2.05, 4.69) is 39.9 Å². The minimum absolute atomic E-state index is 0. The van der Waals surface area contributed by atoms with Crippen molar-refractivity contribution in [3.8, 4) is 45.6 Å². The van der Waals surface area contributed by atoms with Gasteiger partial charge in [-0.15, -0.1) is 0 Å². The molecule has 4 N–H and O–H groups in total. The van der Waals surface area contributed by atoms with Crippen molar-refractivity contribution in [2.24, 2.45) is 0 Å². The Morgan fingerprint density at radius 3 is 0.590 bits per heavy atom. The van der Waals surface area contributed by atoms with E-state index in [1.54, 1.807) is 0 Å².